The smallest absolute Gasteiger partial charge is 0.234 e. The minimum Gasteiger partial charge on any atom is -0.234 e. The van der Waals surface area contributed by atoms with E-state index in [1.165, 1.54) is 74.0 Å². The van der Waals surface area contributed by atoms with Crippen molar-refractivity contribution >= 4 is 0 Å². The third-order valence-corrected chi connectivity index (χ3v) is 7.08. The van der Waals surface area contributed by atoms with Crippen LogP contribution in [0, 0.1) is 0 Å². The lowest BCUT2D eigenvalue weighted by Gasteiger charge is -2.13. The van der Waals surface area contributed by atoms with Crippen LogP contribution in [0.15, 0.2) is 66.9 Å². The molecule has 34 heavy (non-hydrogen) atoms. The molecule has 0 amide bonds. The molecule has 1 unspecified atom stereocenters. The van der Waals surface area contributed by atoms with Crippen molar-refractivity contribution in [2.45, 2.75) is 110 Å². The van der Waals surface area contributed by atoms with Gasteiger partial charge < -0.3 is 0 Å². The van der Waals surface area contributed by atoms with E-state index in [2.05, 4.69) is 104 Å². The largest absolute Gasteiger partial charge is 0.261 e. The van der Waals surface area contributed by atoms with Crippen molar-refractivity contribution in [2.75, 3.05) is 0 Å². The predicted octanol–water partition coefficient (Wildman–Crippen LogP) is 8.43. The van der Waals surface area contributed by atoms with Gasteiger partial charge in [0.05, 0.1) is 19.0 Å². The van der Waals surface area contributed by atoms with Crippen LogP contribution in [0.25, 0.3) is 0 Å². The summed E-state index contributed by atoms with van der Waals surface area (Å²) in [6.45, 7) is 10.5. The molecule has 0 aliphatic carbocycles. The molecule has 2 heteroatoms. The van der Waals surface area contributed by atoms with Crippen LogP contribution in [0.1, 0.15) is 114 Å². The Bertz CT molecular complexity index is 940. The quantitative estimate of drug-likeness (QED) is 0.159. The number of aromatic nitrogens is 2. The maximum Gasteiger partial charge on any atom is 0.261 e. The molecular formula is C32H47N2+. The monoisotopic (exact) mass is 459 g/mol. The number of nitrogens with zero attached hydrogens (tertiary/aromatic N) is 2. The second kappa shape index (κ2) is 14.1. The van der Waals surface area contributed by atoms with E-state index in [4.69, 9.17) is 0 Å². The van der Waals surface area contributed by atoms with Gasteiger partial charge in [-0.2, -0.15) is 0 Å². The third kappa shape index (κ3) is 7.86. The minimum absolute atomic E-state index is 0.455. The van der Waals surface area contributed by atoms with E-state index < -0.39 is 0 Å². The lowest BCUT2D eigenvalue weighted by molar-refractivity contribution is -0.704. The highest BCUT2D eigenvalue weighted by atomic mass is 15.2. The second-order valence-electron chi connectivity index (χ2n) is 10.3. The Labute approximate surface area is 209 Å². The van der Waals surface area contributed by atoms with Crippen molar-refractivity contribution in [1.82, 2.24) is 4.57 Å². The van der Waals surface area contributed by atoms with Gasteiger partial charge in [-0.15, -0.1) is 0 Å². The summed E-state index contributed by atoms with van der Waals surface area (Å²) in [6.07, 6.45) is 15.5. The highest BCUT2D eigenvalue weighted by molar-refractivity contribution is 5.22. The Hall–Kier alpha value is -2.35. The molecule has 3 aromatic rings. The minimum atomic E-state index is 0.455. The summed E-state index contributed by atoms with van der Waals surface area (Å²) in [4.78, 5) is 0. The molecule has 1 atom stereocenters. The zero-order valence-electron chi connectivity index (χ0n) is 22.2. The fourth-order valence-corrected chi connectivity index (χ4v) is 5.19. The number of rotatable bonds is 15. The van der Waals surface area contributed by atoms with Crippen molar-refractivity contribution in [3.8, 4) is 0 Å². The molecule has 0 N–H and O–H groups in total. The van der Waals surface area contributed by atoms with Gasteiger partial charge in [-0.25, -0.2) is 9.13 Å². The van der Waals surface area contributed by atoms with E-state index >= 15 is 0 Å². The zero-order chi connectivity index (χ0) is 24.2. The standard InChI is InChI=1S/C32H47N2/c1-5-6-7-8-9-10-11-18-23-33-26-31(24-28(4)30-21-16-13-17-22-30)34(27(2)3)32(33)25-29-19-14-12-15-20-29/h12-17,19-22,26-28H,5-11,18,23-25H2,1-4H3/q+1. The Kier molecular flexibility index (Phi) is 10.9. The number of unbranched alkanes of at least 4 members (excludes halogenated alkanes) is 7. The van der Waals surface area contributed by atoms with Crippen LogP contribution in [0.5, 0.6) is 0 Å². The number of hydrogen-bond acceptors (Lipinski definition) is 0. The van der Waals surface area contributed by atoms with Crippen LogP contribution >= 0.6 is 0 Å². The van der Waals surface area contributed by atoms with E-state index in [1.54, 1.807) is 0 Å². The van der Waals surface area contributed by atoms with E-state index in [-0.39, 0.29) is 0 Å². The van der Waals surface area contributed by atoms with Gasteiger partial charge in [0, 0.05) is 6.42 Å². The van der Waals surface area contributed by atoms with Gasteiger partial charge in [0.2, 0.25) is 0 Å². The maximum atomic E-state index is 2.62. The molecule has 0 fully saturated rings. The molecule has 0 saturated carbocycles. The molecule has 0 aliphatic rings. The first kappa shape index (κ1) is 26.3. The first-order valence-corrected chi connectivity index (χ1v) is 13.8. The number of imidazole rings is 1. The molecule has 0 bridgehead atoms. The highest BCUT2D eigenvalue weighted by Gasteiger charge is 2.26. The van der Waals surface area contributed by atoms with Crippen LogP contribution < -0.4 is 4.57 Å². The zero-order valence-corrected chi connectivity index (χ0v) is 22.2. The SMILES string of the molecule is CCCCCCCCCC[n+]1cc(CC(C)c2ccccc2)n(C(C)C)c1Cc1ccccc1. The van der Waals surface area contributed by atoms with Gasteiger partial charge in [-0.3, -0.25) is 0 Å². The van der Waals surface area contributed by atoms with Crippen molar-refractivity contribution < 1.29 is 4.57 Å². The van der Waals surface area contributed by atoms with Crippen LogP contribution in [0.2, 0.25) is 0 Å². The summed E-state index contributed by atoms with van der Waals surface area (Å²) < 4.78 is 5.20. The molecule has 2 aromatic carbocycles. The van der Waals surface area contributed by atoms with E-state index in [0.29, 0.717) is 12.0 Å². The van der Waals surface area contributed by atoms with Gasteiger partial charge >= 0.3 is 0 Å². The van der Waals surface area contributed by atoms with Gasteiger partial charge in [0.15, 0.2) is 0 Å². The normalized spacial score (nSPS) is 12.4. The fraction of sp³-hybridized carbons (Fsp3) is 0.531. The average molecular weight is 460 g/mol. The fourth-order valence-electron chi connectivity index (χ4n) is 5.19. The van der Waals surface area contributed by atoms with Crippen molar-refractivity contribution in [1.29, 1.82) is 0 Å². The summed E-state index contributed by atoms with van der Waals surface area (Å²) in [5.41, 5.74) is 4.30. The summed E-state index contributed by atoms with van der Waals surface area (Å²) in [5, 5.41) is 0. The van der Waals surface area contributed by atoms with E-state index in [0.717, 1.165) is 19.4 Å². The van der Waals surface area contributed by atoms with Crippen molar-refractivity contribution in [3.63, 3.8) is 0 Å². The van der Waals surface area contributed by atoms with Gasteiger partial charge in [-0.05, 0) is 43.7 Å². The molecule has 0 aliphatic heterocycles. The predicted molar refractivity (Wildman–Crippen MR) is 145 cm³/mol. The van der Waals surface area contributed by atoms with Gasteiger partial charge in [-0.1, -0.05) is 113 Å². The number of benzene rings is 2. The Morgan fingerprint density at radius 1 is 0.735 bits per heavy atom. The molecular weight excluding hydrogens is 412 g/mol. The van der Waals surface area contributed by atoms with Crippen molar-refractivity contribution in [3.05, 3.63) is 89.5 Å². The molecule has 2 nitrogen and oxygen atoms in total. The lowest BCUT2D eigenvalue weighted by Crippen LogP contribution is -2.37. The summed E-state index contributed by atoms with van der Waals surface area (Å²) in [5.74, 6) is 1.97. The number of hydrogen-bond donors (Lipinski definition) is 0. The van der Waals surface area contributed by atoms with Crippen LogP contribution in [0.4, 0.5) is 0 Å². The first-order chi connectivity index (χ1) is 16.6. The van der Waals surface area contributed by atoms with E-state index in [9.17, 15) is 0 Å². The van der Waals surface area contributed by atoms with Gasteiger partial charge in [0.1, 0.15) is 11.9 Å². The van der Waals surface area contributed by atoms with Crippen molar-refractivity contribution in [2.24, 2.45) is 0 Å². The second-order valence-corrected chi connectivity index (χ2v) is 10.3. The Balaban J connectivity index is 1.76. The first-order valence-electron chi connectivity index (χ1n) is 13.8. The highest BCUT2D eigenvalue weighted by Crippen LogP contribution is 2.24. The van der Waals surface area contributed by atoms with Crippen LogP contribution in [-0.4, -0.2) is 4.57 Å². The Morgan fingerprint density at radius 2 is 1.32 bits per heavy atom. The molecule has 1 aromatic heterocycles. The summed E-state index contributed by atoms with van der Waals surface area (Å²) in [6, 6.07) is 22.4. The van der Waals surface area contributed by atoms with Gasteiger partial charge in [0.25, 0.3) is 5.82 Å². The van der Waals surface area contributed by atoms with Crippen LogP contribution in [0.3, 0.4) is 0 Å². The van der Waals surface area contributed by atoms with Crippen LogP contribution in [-0.2, 0) is 19.4 Å². The topological polar surface area (TPSA) is 8.81 Å². The average Bonchev–Trinajstić information content (AvgIpc) is 3.18. The number of aryl methyl sites for hydroxylation is 1. The maximum absolute atomic E-state index is 2.62. The van der Waals surface area contributed by atoms with E-state index in [1.807, 2.05) is 0 Å². The summed E-state index contributed by atoms with van der Waals surface area (Å²) in [7, 11) is 0. The molecule has 0 saturated heterocycles. The summed E-state index contributed by atoms with van der Waals surface area (Å²) >= 11 is 0. The molecule has 1 heterocycles. The molecule has 184 valence electrons. The lowest BCUT2D eigenvalue weighted by atomic mass is 9.96. The molecule has 0 radical (unpaired) electrons. The molecule has 3 rings (SSSR count). The molecule has 0 spiro atoms. The third-order valence-electron chi connectivity index (χ3n) is 7.08. The Morgan fingerprint density at radius 3 is 1.94 bits per heavy atom.